The lowest BCUT2D eigenvalue weighted by atomic mass is 10.0. The Morgan fingerprint density at radius 2 is 1.48 bits per heavy atom. The van der Waals surface area contributed by atoms with Gasteiger partial charge < -0.3 is 0 Å². The molecule has 0 aliphatic carbocycles. The molecule has 0 spiro atoms. The van der Waals surface area contributed by atoms with Crippen LogP contribution < -0.4 is 0 Å². The second kappa shape index (κ2) is 6.91. The van der Waals surface area contributed by atoms with E-state index >= 15 is 0 Å². The van der Waals surface area contributed by atoms with Crippen molar-refractivity contribution in [1.82, 2.24) is 0 Å². The normalized spacial score (nSPS) is 16.0. The number of carbonyl (C=O) groups excluding carboxylic acids is 1. The van der Waals surface area contributed by atoms with Gasteiger partial charge in [0.25, 0.3) is 0 Å². The standard InChI is InChI=1S/C18H18O7/c1-11-7-5-9-15(13(11)3)17(19)20-21-18(22-24-25-23-18)16-10-6-8-12(2)14(16)4/h5-10H,1-4H3. The van der Waals surface area contributed by atoms with Gasteiger partial charge in [-0.2, -0.15) is 0 Å². The van der Waals surface area contributed by atoms with Crippen LogP contribution in [0.15, 0.2) is 36.4 Å². The summed E-state index contributed by atoms with van der Waals surface area (Å²) in [5.41, 5.74) is 4.32. The Balaban J connectivity index is 1.85. The summed E-state index contributed by atoms with van der Waals surface area (Å²) in [7, 11) is 0. The van der Waals surface area contributed by atoms with Gasteiger partial charge in [-0.3, -0.25) is 4.89 Å². The minimum atomic E-state index is -1.97. The van der Waals surface area contributed by atoms with Crippen molar-refractivity contribution in [2.45, 2.75) is 33.7 Å². The molecular weight excluding hydrogens is 328 g/mol. The first-order valence-corrected chi connectivity index (χ1v) is 7.68. The van der Waals surface area contributed by atoms with Crippen molar-refractivity contribution in [2.24, 2.45) is 0 Å². The number of rotatable bonds is 4. The lowest BCUT2D eigenvalue weighted by Gasteiger charge is -2.22. The molecule has 1 heterocycles. The summed E-state index contributed by atoms with van der Waals surface area (Å²) in [6, 6.07) is 10.7. The first-order chi connectivity index (χ1) is 11.9. The van der Waals surface area contributed by atoms with Gasteiger partial charge in [0.05, 0.1) is 11.1 Å². The molecule has 132 valence electrons. The van der Waals surface area contributed by atoms with Gasteiger partial charge in [0.15, 0.2) is 0 Å². The Bertz CT molecular complexity index is 794. The fourth-order valence-electron chi connectivity index (χ4n) is 2.49. The Hall–Kier alpha value is -2.29. The zero-order valence-electron chi connectivity index (χ0n) is 14.3. The first kappa shape index (κ1) is 17.5. The topological polar surface area (TPSA) is 72.5 Å². The van der Waals surface area contributed by atoms with E-state index < -0.39 is 11.9 Å². The van der Waals surface area contributed by atoms with Gasteiger partial charge >= 0.3 is 11.9 Å². The first-order valence-electron chi connectivity index (χ1n) is 7.68. The molecule has 2 aromatic carbocycles. The lowest BCUT2D eigenvalue weighted by Crippen LogP contribution is -2.33. The molecule has 0 radical (unpaired) electrons. The summed E-state index contributed by atoms with van der Waals surface area (Å²) in [5.74, 6) is -2.66. The summed E-state index contributed by atoms with van der Waals surface area (Å²) in [6.45, 7) is 7.47. The Morgan fingerprint density at radius 3 is 2.16 bits per heavy atom. The monoisotopic (exact) mass is 346 g/mol. The minimum Gasteiger partial charge on any atom is -0.287 e. The lowest BCUT2D eigenvalue weighted by molar-refractivity contribution is -0.532. The molecule has 1 aliphatic heterocycles. The molecule has 0 amide bonds. The van der Waals surface area contributed by atoms with Crippen molar-refractivity contribution in [3.8, 4) is 0 Å². The second-order valence-corrected chi connectivity index (χ2v) is 5.81. The van der Waals surface area contributed by atoms with Crippen LogP contribution in [0.4, 0.5) is 0 Å². The van der Waals surface area contributed by atoms with E-state index in [-0.39, 0.29) is 0 Å². The number of benzene rings is 2. The summed E-state index contributed by atoms with van der Waals surface area (Å²) in [4.78, 5) is 32.4. The number of aryl methyl sites for hydroxylation is 2. The highest BCUT2D eigenvalue weighted by Crippen LogP contribution is 2.37. The number of hydrogen-bond acceptors (Lipinski definition) is 7. The van der Waals surface area contributed by atoms with E-state index in [0.29, 0.717) is 11.1 Å². The summed E-state index contributed by atoms with van der Waals surface area (Å²) >= 11 is 0. The van der Waals surface area contributed by atoms with Gasteiger partial charge in [0, 0.05) is 0 Å². The van der Waals surface area contributed by atoms with Crippen LogP contribution in [0, 0.1) is 27.7 Å². The molecule has 0 atom stereocenters. The van der Waals surface area contributed by atoms with E-state index in [2.05, 4.69) is 10.1 Å². The van der Waals surface area contributed by atoms with E-state index in [4.69, 9.17) is 19.6 Å². The van der Waals surface area contributed by atoms with Crippen molar-refractivity contribution in [3.63, 3.8) is 0 Å². The van der Waals surface area contributed by atoms with Gasteiger partial charge in [0.1, 0.15) is 0 Å². The molecule has 1 saturated heterocycles. The summed E-state index contributed by atoms with van der Waals surface area (Å²) in [6.07, 6.45) is 0. The molecule has 2 aromatic rings. The molecule has 7 heteroatoms. The van der Waals surface area contributed by atoms with Crippen LogP contribution in [-0.4, -0.2) is 5.97 Å². The molecule has 0 bridgehead atoms. The fourth-order valence-corrected chi connectivity index (χ4v) is 2.49. The van der Waals surface area contributed by atoms with Gasteiger partial charge in [-0.15, -0.1) is 14.7 Å². The van der Waals surface area contributed by atoms with Crippen LogP contribution in [0.25, 0.3) is 0 Å². The van der Waals surface area contributed by atoms with Crippen molar-refractivity contribution in [2.75, 3.05) is 0 Å². The highest BCUT2D eigenvalue weighted by molar-refractivity contribution is 5.90. The quantitative estimate of drug-likeness (QED) is 0.618. The smallest absolute Gasteiger partial charge is 0.287 e. The zero-order chi connectivity index (χ0) is 18.0. The molecule has 3 rings (SSSR count). The maximum atomic E-state index is 12.4. The Labute approximate surface area is 144 Å². The maximum Gasteiger partial charge on any atom is 0.409 e. The molecule has 0 unspecified atom stereocenters. The van der Waals surface area contributed by atoms with E-state index in [1.165, 1.54) is 0 Å². The Kier molecular flexibility index (Phi) is 4.85. The SMILES string of the molecule is Cc1cccc(C(=O)OOC2(c3cccc(C)c3C)OOOO2)c1C. The number of hydrogen-bond donors (Lipinski definition) is 0. The zero-order valence-corrected chi connectivity index (χ0v) is 14.3. The van der Waals surface area contributed by atoms with Gasteiger partial charge in [-0.05, 0) is 66.1 Å². The molecule has 0 aromatic heterocycles. The fraction of sp³-hybridized carbons (Fsp3) is 0.278. The predicted octanol–water partition coefficient (Wildman–Crippen LogP) is 3.64. The second-order valence-electron chi connectivity index (χ2n) is 5.81. The van der Waals surface area contributed by atoms with E-state index in [0.717, 1.165) is 22.3 Å². The highest BCUT2D eigenvalue weighted by atomic mass is 17.8. The number of carbonyl (C=O) groups is 1. The van der Waals surface area contributed by atoms with Gasteiger partial charge in [0.2, 0.25) is 0 Å². The van der Waals surface area contributed by atoms with Gasteiger partial charge in [-0.25, -0.2) is 4.79 Å². The van der Waals surface area contributed by atoms with Crippen LogP contribution >= 0.6 is 0 Å². The van der Waals surface area contributed by atoms with E-state index in [1.807, 2.05) is 39.8 Å². The largest absolute Gasteiger partial charge is 0.409 e. The molecule has 1 fully saturated rings. The molecule has 1 aliphatic rings. The van der Waals surface area contributed by atoms with Crippen molar-refractivity contribution in [1.29, 1.82) is 0 Å². The Morgan fingerprint density at radius 1 is 0.880 bits per heavy atom. The summed E-state index contributed by atoms with van der Waals surface area (Å²) in [5, 5.41) is 8.70. The predicted molar refractivity (Wildman–Crippen MR) is 84.4 cm³/mol. The summed E-state index contributed by atoms with van der Waals surface area (Å²) < 4.78 is 0. The van der Waals surface area contributed by atoms with Crippen molar-refractivity contribution < 1.29 is 34.4 Å². The van der Waals surface area contributed by atoms with Crippen LogP contribution in [0.1, 0.15) is 38.2 Å². The third kappa shape index (κ3) is 3.28. The van der Waals surface area contributed by atoms with E-state index in [1.54, 1.807) is 24.3 Å². The third-order valence-electron chi connectivity index (χ3n) is 4.30. The average molecular weight is 346 g/mol. The van der Waals surface area contributed by atoms with Crippen LogP contribution in [-0.2, 0) is 35.6 Å². The minimum absolute atomic E-state index is 0.371. The third-order valence-corrected chi connectivity index (χ3v) is 4.30. The molecule has 0 N–H and O–H groups in total. The van der Waals surface area contributed by atoms with Crippen molar-refractivity contribution in [3.05, 3.63) is 69.8 Å². The highest BCUT2D eigenvalue weighted by Gasteiger charge is 2.49. The van der Waals surface area contributed by atoms with Crippen molar-refractivity contribution >= 4 is 5.97 Å². The van der Waals surface area contributed by atoms with Crippen LogP contribution in [0.3, 0.4) is 0 Å². The van der Waals surface area contributed by atoms with Crippen LogP contribution in [0.2, 0.25) is 0 Å². The van der Waals surface area contributed by atoms with Crippen LogP contribution in [0.5, 0.6) is 0 Å². The molecule has 25 heavy (non-hydrogen) atoms. The molecule has 0 saturated carbocycles. The molecule has 7 nitrogen and oxygen atoms in total. The van der Waals surface area contributed by atoms with E-state index in [9.17, 15) is 4.79 Å². The molecular formula is C18H18O7. The van der Waals surface area contributed by atoms with Gasteiger partial charge in [-0.1, -0.05) is 30.3 Å². The maximum absolute atomic E-state index is 12.4. The average Bonchev–Trinajstić information content (AvgIpc) is 3.07.